The Hall–Kier alpha value is -0.430. The summed E-state index contributed by atoms with van der Waals surface area (Å²) < 4.78 is 22.8. The van der Waals surface area contributed by atoms with Crippen LogP contribution in [0.2, 0.25) is 0 Å². The summed E-state index contributed by atoms with van der Waals surface area (Å²) in [4.78, 5) is 4.88. The smallest absolute Gasteiger partial charge is 0.152 e. The van der Waals surface area contributed by atoms with Crippen LogP contribution in [0.4, 0.5) is 0 Å². The van der Waals surface area contributed by atoms with Gasteiger partial charge < -0.3 is 5.32 Å². The van der Waals surface area contributed by atoms with E-state index in [2.05, 4.69) is 43.1 Å². The first-order chi connectivity index (χ1) is 9.23. The van der Waals surface area contributed by atoms with Gasteiger partial charge >= 0.3 is 0 Å². The molecule has 1 aliphatic rings. The van der Waals surface area contributed by atoms with Crippen molar-refractivity contribution in [2.24, 2.45) is 0 Å². The number of nitrogens with zero attached hydrogens (tertiary/aromatic N) is 1. The molecule has 2 heterocycles. The molecular weight excluding hydrogens is 292 g/mol. The number of hydrogen-bond donors (Lipinski definition) is 1. The Kier molecular flexibility index (Phi) is 4.89. The molecule has 20 heavy (non-hydrogen) atoms. The van der Waals surface area contributed by atoms with Gasteiger partial charge in [-0.15, -0.1) is 11.3 Å². The maximum absolute atomic E-state index is 11.4. The lowest BCUT2D eigenvalue weighted by atomic mass is 10.1. The molecule has 2 rings (SSSR count). The third-order valence-electron chi connectivity index (χ3n) is 3.33. The van der Waals surface area contributed by atoms with Crippen molar-refractivity contribution in [3.8, 4) is 0 Å². The van der Waals surface area contributed by atoms with Crippen molar-refractivity contribution < 1.29 is 8.42 Å². The minimum absolute atomic E-state index is 0.130. The molecule has 0 unspecified atom stereocenters. The van der Waals surface area contributed by atoms with Crippen LogP contribution in [0.15, 0.2) is 12.1 Å². The molecule has 6 heteroatoms. The van der Waals surface area contributed by atoms with E-state index in [1.807, 2.05) is 11.3 Å². The maximum atomic E-state index is 11.4. The van der Waals surface area contributed by atoms with Crippen LogP contribution < -0.4 is 5.32 Å². The Morgan fingerprint density at radius 2 is 1.80 bits per heavy atom. The summed E-state index contributed by atoms with van der Waals surface area (Å²) in [6.07, 6.45) is 0. The lowest BCUT2D eigenvalue weighted by Crippen LogP contribution is -2.39. The molecule has 1 saturated heterocycles. The van der Waals surface area contributed by atoms with Gasteiger partial charge in [-0.05, 0) is 32.9 Å². The largest absolute Gasteiger partial charge is 0.307 e. The third kappa shape index (κ3) is 5.16. The molecule has 114 valence electrons. The van der Waals surface area contributed by atoms with E-state index in [1.165, 1.54) is 9.75 Å². The fourth-order valence-corrected chi connectivity index (χ4v) is 4.36. The fourth-order valence-electron chi connectivity index (χ4n) is 2.08. The second-order valence-electron chi connectivity index (χ2n) is 6.40. The number of hydrogen-bond acceptors (Lipinski definition) is 5. The summed E-state index contributed by atoms with van der Waals surface area (Å²) in [7, 11) is -2.78. The van der Waals surface area contributed by atoms with E-state index >= 15 is 0 Å². The summed E-state index contributed by atoms with van der Waals surface area (Å²) in [5, 5.41) is 3.48. The van der Waals surface area contributed by atoms with Crippen LogP contribution in [-0.2, 0) is 22.9 Å². The first-order valence-electron chi connectivity index (χ1n) is 6.99. The van der Waals surface area contributed by atoms with E-state index in [0.29, 0.717) is 24.6 Å². The Bertz CT molecular complexity index is 530. The predicted molar refractivity (Wildman–Crippen MR) is 84.8 cm³/mol. The van der Waals surface area contributed by atoms with Crippen LogP contribution in [0.25, 0.3) is 0 Å². The van der Waals surface area contributed by atoms with Gasteiger partial charge in [-0.2, -0.15) is 0 Å². The summed E-state index contributed by atoms with van der Waals surface area (Å²) in [5.41, 5.74) is 0.130. The summed E-state index contributed by atoms with van der Waals surface area (Å²) in [6, 6.07) is 4.33. The normalized spacial score (nSPS) is 20.1. The first-order valence-corrected chi connectivity index (χ1v) is 9.63. The van der Waals surface area contributed by atoms with Gasteiger partial charge in [0, 0.05) is 41.5 Å². The van der Waals surface area contributed by atoms with Crippen molar-refractivity contribution in [1.82, 2.24) is 10.2 Å². The zero-order valence-corrected chi connectivity index (χ0v) is 14.1. The second kappa shape index (κ2) is 6.13. The van der Waals surface area contributed by atoms with Gasteiger partial charge in [-0.25, -0.2) is 8.42 Å². The van der Waals surface area contributed by atoms with Gasteiger partial charge in [0.05, 0.1) is 11.5 Å². The quantitative estimate of drug-likeness (QED) is 0.921. The summed E-state index contributed by atoms with van der Waals surface area (Å²) in [5.74, 6) is 0.605. The van der Waals surface area contributed by atoms with Gasteiger partial charge in [-0.3, -0.25) is 4.90 Å². The second-order valence-corrected chi connectivity index (χ2v) is 9.96. The van der Waals surface area contributed by atoms with E-state index in [1.54, 1.807) is 0 Å². The topological polar surface area (TPSA) is 49.4 Å². The van der Waals surface area contributed by atoms with Crippen LogP contribution in [0.5, 0.6) is 0 Å². The SMILES string of the molecule is CC(C)(C)NCc1ccc(CN2CCS(=O)(=O)CC2)s1. The molecule has 1 aromatic heterocycles. The first kappa shape index (κ1) is 15.9. The highest BCUT2D eigenvalue weighted by Gasteiger charge is 2.21. The zero-order valence-electron chi connectivity index (χ0n) is 12.5. The molecule has 0 saturated carbocycles. The van der Waals surface area contributed by atoms with E-state index < -0.39 is 9.84 Å². The maximum Gasteiger partial charge on any atom is 0.152 e. The van der Waals surface area contributed by atoms with E-state index in [4.69, 9.17) is 0 Å². The molecule has 1 aromatic rings. The summed E-state index contributed by atoms with van der Waals surface area (Å²) in [6.45, 7) is 9.57. The van der Waals surface area contributed by atoms with Crippen LogP contribution in [0.1, 0.15) is 30.5 Å². The van der Waals surface area contributed by atoms with Gasteiger partial charge in [-0.1, -0.05) is 0 Å². The van der Waals surface area contributed by atoms with Gasteiger partial charge in [0.15, 0.2) is 9.84 Å². The summed E-state index contributed by atoms with van der Waals surface area (Å²) >= 11 is 1.81. The highest BCUT2D eigenvalue weighted by atomic mass is 32.2. The molecule has 1 N–H and O–H groups in total. The Balaban J connectivity index is 1.84. The van der Waals surface area contributed by atoms with Crippen molar-refractivity contribution in [3.63, 3.8) is 0 Å². The number of rotatable bonds is 4. The van der Waals surface area contributed by atoms with Crippen molar-refractivity contribution in [2.45, 2.75) is 39.4 Å². The van der Waals surface area contributed by atoms with Crippen LogP contribution >= 0.6 is 11.3 Å². The van der Waals surface area contributed by atoms with E-state index in [9.17, 15) is 8.42 Å². The Morgan fingerprint density at radius 3 is 2.40 bits per heavy atom. The highest BCUT2D eigenvalue weighted by molar-refractivity contribution is 7.91. The van der Waals surface area contributed by atoms with Crippen LogP contribution in [0.3, 0.4) is 0 Å². The predicted octanol–water partition coefficient (Wildman–Crippen LogP) is 1.87. The van der Waals surface area contributed by atoms with Gasteiger partial charge in [0.25, 0.3) is 0 Å². The van der Waals surface area contributed by atoms with Crippen LogP contribution in [-0.4, -0.2) is 43.5 Å². The minimum Gasteiger partial charge on any atom is -0.307 e. The molecule has 0 atom stereocenters. The van der Waals surface area contributed by atoms with Crippen LogP contribution in [0, 0.1) is 0 Å². The monoisotopic (exact) mass is 316 g/mol. The molecule has 0 aliphatic carbocycles. The lowest BCUT2D eigenvalue weighted by molar-refractivity contribution is 0.290. The van der Waals surface area contributed by atoms with Gasteiger partial charge in [0.1, 0.15) is 0 Å². The number of nitrogens with one attached hydrogen (secondary N) is 1. The standard InChI is InChI=1S/C14H24N2O2S2/c1-14(2,3)15-10-12-4-5-13(19-12)11-16-6-8-20(17,18)9-7-16/h4-5,15H,6-11H2,1-3H3. The molecule has 1 aliphatic heterocycles. The minimum atomic E-state index is -2.78. The molecule has 0 aromatic carbocycles. The van der Waals surface area contributed by atoms with E-state index in [0.717, 1.165) is 13.1 Å². The number of sulfone groups is 1. The molecule has 0 radical (unpaired) electrons. The van der Waals surface area contributed by atoms with Crippen molar-refractivity contribution >= 4 is 21.2 Å². The van der Waals surface area contributed by atoms with Crippen molar-refractivity contribution in [3.05, 3.63) is 21.9 Å². The van der Waals surface area contributed by atoms with Gasteiger partial charge in [0.2, 0.25) is 0 Å². The number of thiophene rings is 1. The molecule has 4 nitrogen and oxygen atoms in total. The molecule has 0 spiro atoms. The average Bonchev–Trinajstić information content (AvgIpc) is 2.76. The zero-order chi connectivity index (χ0) is 14.8. The third-order valence-corrected chi connectivity index (χ3v) is 6.01. The Labute approximate surface area is 126 Å². The lowest BCUT2D eigenvalue weighted by Gasteiger charge is -2.25. The fraction of sp³-hybridized carbons (Fsp3) is 0.714. The Morgan fingerprint density at radius 1 is 1.20 bits per heavy atom. The molecule has 0 bridgehead atoms. The molecule has 1 fully saturated rings. The average molecular weight is 316 g/mol. The molecule has 0 amide bonds. The van der Waals surface area contributed by atoms with Crippen molar-refractivity contribution in [1.29, 1.82) is 0 Å². The molecular formula is C14H24N2O2S2. The highest BCUT2D eigenvalue weighted by Crippen LogP contribution is 2.20. The van der Waals surface area contributed by atoms with Crippen molar-refractivity contribution in [2.75, 3.05) is 24.6 Å². The van der Waals surface area contributed by atoms with E-state index in [-0.39, 0.29) is 5.54 Å².